The number of nitrogens with zero attached hydrogens (tertiary/aromatic N) is 2. The third-order valence-electron chi connectivity index (χ3n) is 3.90. The number of hydrogen-bond acceptors (Lipinski definition) is 2. The lowest BCUT2D eigenvalue weighted by Crippen LogP contribution is -2.39. The Bertz CT molecular complexity index is 872. The van der Waals surface area contributed by atoms with E-state index in [-0.39, 0.29) is 5.91 Å². The van der Waals surface area contributed by atoms with E-state index in [1.807, 2.05) is 54.6 Å². The second kappa shape index (κ2) is 6.80. The number of carbonyl (C=O) groups excluding carboxylic acids is 1. The molecule has 2 aromatic rings. The maximum Gasteiger partial charge on any atom is 0.252 e. The van der Waals surface area contributed by atoms with Gasteiger partial charge in [0.25, 0.3) is 5.91 Å². The van der Waals surface area contributed by atoms with Gasteiger partial charge in [0.15, 0.2) is 0 Å². The maximum absolute atomic E-state index is 12.5. The molecule has 0 saturated carbocycles. The van der Waals surface area contributed by atoms with Crippen LogP contribution in [0.2, 0.25) is 0 Å². The topological polar surface area (TPSA) is 44.1 Å². The van der Waals surface area contributed by atoms with Gasteiger partial charge in [0.05, 0.1) is 11.8 Å². The first-order chi connectivity index (χ1) is 11.8. The largest absolute Gasteiger partial charge is 0.288 e. The molecule has 3 rings (SSSR count). The zero-order chi connectivity index (χ0) is 16.9. The van der Waals surface area contributed by atoms with E-state index in [4.69, 9.17) is 0 Å². The van der Waals surface area contributed by atoms with Crippen LogP contribution in [0.5, 0.6) is 0 Å². The molecular formula is C21H16N2O. The van der Waals surface area contributed by atoms with Gasteiger partial charge in [-0.3, -0.25) is 9.69 Å². The average Bonchev–Trinajstić information content (AvgIpc) is 2.65. The summed E-state index contributed by atoms with van der Waals surface area (Å²) in [6.07, 6.45) is 8.23. The molecule has 0 saturated heterocycles. The van der Waals surface area contributed by atoms with E-state index < -0.39 is 6.04 Å². The minimum Gasteiger partial charge on any atom is -0.288 e. The van der Waals surface area contributed by atoms with E-state index in [0.717, 1.165) is 22.4 Å². The van der Waals surface area contributed by atoms with Crippen molar-refractivity contribution in [1.82, 2.24) is 0 Å². The van der Waals surface area contributed by atoms with E-state index in [1.165, 1.54) is 11.0 Å². The molecule has 2 aromatic carbocycles. The molecule has 0 bridgehead atoms. The highest BCUT2D eigenvalue weighted by Crippen LogP contribution is 2.36. The van der Waals surface area contributed by atoms with Crippen molar-refractivity contribution >= 4 is 17.7 Å². The molecular weight excluding hydrogens is 296 g/mol. The fourth-order valence-corrected chi connectivity index (χ4v) is 2.82. The lowest BCUT2D eigenvalue weighted by atomic mass is 9.94. The number of rotatable bonds is 3. The molecule has 3 heteroatoms. The molecule has 1 aliphatic heterocycles. The predicted octanol–water partition coefficient (Wildman–Crippen LogP) is 4.35. The first-order valence-corrected chi connectivity index (χ1v) is 7.65. The molecule has 1 heterocycles. The monoisotopic (exact) mass is 312 g/mol. The second-order valence-electron chi connectivity index (χ2n) is 5.34. The van der Waals surface area contributed by atoms with Gasteiger partial charge in [-0.15, -0.1) is 0 Å². The van der Waals surface area contributed by atoms with Crippen molar-refractivity contribution in [3.05, 3.63) is 85.0 Å². The number of amides is 1. The average molecular weight is 312 g/mol. The molecule has 0 spiro atoms. The van der Waals surface area contributed by atoms with Gasteiger partial charge in [-0.2, -0.15) is 5.26 Å². The van der Waals surface area contributed by atoms with E-state index in [2.05, 4.69) is 12.6 Å². The van der Waals surface area contributed by atoms with Crippen molar-refractivity contribution in [3.63, 3.8) is 0 Å². The fourth-order valence-electron chi connectivity index (χ4n) is 2.82. The molecule has 1 atom stereocenters. The number of anilines is 1. The lowest BCUT2D eigenvalue weighted by Gasteiger charge is -2.30. The van der Waals surface area contributed by atoms with Crippen LogP contribution < -0.4 is 4.90 Å². The summed E-state index contributed by atoms with van der Waals surface area (Å²) in [5.41, 5.74) is 3.79. The molecule has 24 heavy (non-hydrogen) atoms. The number of hydrogen-bond donors (Lipinski definition) is 0. The third-order valence-corrected chi connectivity index (χ3v) is 3.90. The molecule has 3 nitrogen and oxygen atoms in total. The van der Waals surface area contributed by atoms with E-state index in [9.17, 15) is 10.1 Å². The van der Waals surface area contributed by atoms with Crippen LogP contribution in [-0.2, 0) is 4.79 Å². The number of fused-ring (bicyclic) bond motifs is 1. The van der Waals surface area contributed by atoms with Crippen molar-refractivity contribution in [3.8, 4) is 17.2 Å². The van der Waals surface area contributed by atoms with Gasteiger partial charge in [-0.1, -0.05) is 67.3 Å². The van der Waals surface area contributed by atoms with Crippen LogP contribution >= 0.6 is 0 Å². The first kappa shape index (κ1) is 15.5. The summed E-state index contributed by atoms with van der Waals surface area (Å²) in [5, 5.41) is 9.41. The maximum atomic E-state index is 12.5. The van der Waals surface area contributed by atoms with E-state index in [0.29, 0.717) is 0 Å². The molecule has 1 amide bonds. The summed E-state index contributed by atoms with van der Waals surface area (Å²) in [6.45, 7) is 3.58. The Morgan fingerprint density at radius 2 is 1.96 bits per heavy atom. The van der Waals surface area contributed by atoms with Crippen molar-refractivity contribution in [2.45, 2.75) is 6.04 Å². The zero-order valence-electron chi connectivity index (χ0n) is 13.1. The minimum absolute atomic E-state index is 0.239. The minimum atomic E-state index is -0.620. The fraction of sp³-hybridized carbons (Fsp3) is 0.0476. The third kappa shape index (κ3) is 2.78. The normalized spacial score (nSPS) is 15.8. The zero-order valence-corrected chi connectivity index (χ0v) is 13.1. The van der Waals surface area contributed by atoms with Gasteiger partial charge in [0.1, 0.15) is 6.04 Å². The van der Waals surface area contributed by atoms with Crippen LogP contribution in [0.4, 0.5) is 5.69 Å². The van der Waals surface area contributed by atoms with Crippen LogP contribution in [0.3, 0.4) is 0 Å². The number of carbonyl (C=O) groups is 1. The van der Waals surface area contributed by atoms with Crippen LogP contribution in [0.1, 0.15) is 5.56 Å². The summed E-state index contributed by atoms with van der Waals surface area (Å²) < 4.78 is 0. The molecule has 0 aromatic heterocycles. The van der Waals surface area contributed by atoms with Gasteiger partial charge in [-0.05, 0) is 23.3 Å². The second-order valence-corrected chi connectivity index (χ2v) is 5.34. The lowest BCUT2D eigenvalue weighted by molar-refractivity contribution is -0.114. The Balaban J connectivity index is 2.14. The summed E-state index contributed by atoms with van der Waals surface area (Å²) in [7, 11) is 0. The SMILES string of the molecule is C=CC=CC(=O)N1c2cccc(-c3ccccc3)c2C=CC1C#N. The van der Waals surface area contributed by atoms with Crippen LogP contribution in [0, 0.1) is 11.3 Å². The van der Waals surface area contributed by atoms with Crippen molar-refractivity contribution in [2.24, 2.45) is 0 Å². The van der Waals surface area contributed by atoms with Gasteiger partial charge < -0.3 is 0 Å². The standard InChI is InChI=1S/C21H16N2O/c1-2-3-12-21(24)23-17(15-22)13-14-19-18(10-7-11-20(19)23)16-8-5-4-6-9-16/h2-14,17H,1H2. The van der Waals surface area contributed by atoms with Crippen molar-refractivity contribution < 1.29 is 4.79 Å². The highest BCUT2D eigenvalue weighted by atomic mass is 16.2. The van der Waals surface area contributed by atoms with Gasteiger partial charge >= 0.3 is 0 Å². The highest BCUT2D eigenvalue weighted by molar-refractivity contribution is 6.06. The number of allylic oxidation sites excluding steroid dienone is 2. The van der Waals surface area contributed by atoms with Crippen molar-refractivity contribution in [2.75, 3.05) is 4.90 Å². The Hall–Kier alpha value is -3.38. The highest BCUT2D eigenvalue weighted by Gasteiger charge is 2.27. The van der Waals surface area contributed by atoms with Gasteiger partial charge in [0, 0.05) is 11.6 Å². The van der Waals surface area contributed by atoms with Crippen molar-refractivity contribution in [1.29, 1.82) is 5.26 Å². The summed E-state index contributed by atoms with van der Waals surface area (Å²) >= 11 is 0. The molecule has 0 N–H and O–H groups in total. The first-order valence-electron chi connectivity index (χ1n) is 7.65. The van der Waals surface area contributed by atoms with Crippen LogP contribution in [0.25, 0.3) is 17.2 Å². The Morgan fingerprint density at radius 3 is 2.67 bits per heavy atom. The molecule has 116 valence electrons. The van der Waals surface area contributed by atoms with Gasteiger partial charge in [-0.25, -0.2) is 0 Å². The summed E-state index contributed by atoms with van der Waals surface area (Å²) in [5.74, 6) is -0.239. The van der Waals surface area contributed by atoms with Crippen LogP contribution in [-0.4, -0.2) is 11.9 Å². The Kier molecular flexibility index (Phi) is 4.40. The number of benzene rings is 2. The molecule has 0 fully saturated rings. The quantitative estimate of drug-likeness (QED) is 0.625. The van der Waals surface area contributed by atoms with Crippen LogP contribution in [0.15, 0.2) is 79.4 Å². The molecule has 1 unspecified atom stereocenters. The molecule has 0 aliphatic carbocycles. The smallest absolute Gasteiger partial charge is 0.252 e. The van der Waals surface area contributed by atoms with E-state index in [1.54, 1.807) is 18.2 Å². The predicted molar refractivity (Wildman–Crippen MR) is 97.1 cm³/mol. The van der Waals surface area contributed by atoms with Gasteiger partial charge in [0.2, 0.25) is 0 Å². The molecule has 0 radical (unpaired) electrons. The summed E-state index contributed by atoms with van der Waals surface area (Å²) in [6, 6.07) is 17.3. The van der Waals surface area contributed by atoms with E-state index >= 15 is 0 Å². The number of nitriles is 1. The summed E-state index contributed by atoms with van der Waals surface area (Å²) in [4.78, 5) is 14.1. The Labute approximate surface area is 141 Å². The Morgan fingerprint density at radius 1 is 1.17 bits per heavy atom. The molecule has 1 aliphatic rings.